The van der Waals surface area contributed by atoms with Gasteiger partial charge in [0.1, 0.15) is 0 Å². The molecule has 5 heteroatoms. The monoisotopic (exact) mass is 347 g/mol. The fraction of sp³-hybridized carbons (Fsp3) is 0.125. The molecule has 0 atom stereocenters. The first-order valence-corrected chi connectivity index (χ1v) is 7.23. The molecule has 4 nitrogen and oxygen atoms in total. The van der Waals surface area contributed by atoms with Gasteiger partial charge in [-0.2, -0.15) is 0 Å². The van der Waals surface area contributed by atoms with Crippen LogP contribution in [0.1, 0.15) is 22.3 Å². The van der Waals surface area contributed by atoms with E-state index < -0.39 is 5.97 Å². The number of aryl methyl sites for hydroxylation is 1. The average molecular weight is 348 g/mol. The van der Waals surface area contributed by atoms with Crippen LogP contribution >= 0.6 is 15.9 Å². The molecule has 0 aromatic heterocycles. The lowest BCUT2D eigenvalue weighted by Crippen LogP contribution is -2.15. The Kier molecular flexibility index (Phi) is 5.11. The van der Waals surface area contributed by atoms with Crippen molar-refractivity contribution in [3.8, 4) is 0 Å². The fourth-order valence-electron chi connectivity index (χ4n) is 1.94. The maximum atomic E-state index is 12.0. The van der Waals surface area contributed by atoms with Gasteiger partial charge in [0.2, 0.25) is 5.91 Å². The second-order valence-electron chi connectivity index (χ2n) is 4.49. The first kappa shape index (κ1) is 15.3. The summed E-state index contributed by atoms with van der Waals surface area (Å²) in [4.78, 5) is 23.0. The summed E-state index contributed by atoms with van der Waals surface area (Å²) in [6.45, 7) is 0. The summed E-state index contributed by atoms with van der Waals surface area (Å²) in [6.07, 6.45) is 0.874. The van der Waals surface area contributed by atoms with Gasteiger partial charge in [0.15, 0.2) is 0 Å². The molecule has 0 aliphatic rings. The molecule has 0 bridgehead atoms. The third-order valence-electron chi connectivity index (χ3n) is 3.01. The Morgan fingerprint density at radius 1 is 1.05 bits per heavy atom. The summed E-state index contributed by atoms with van der Waals surface area (Å²) in [5, 5.41) is 11.7. The number of amides is 1. The Bertz CT molecular complexity index is 670. The van der Waals surface area contributed by atoms with E-state index in [1.54, 1.807) is 18.2 Å². The van der Waals surface area contributed by atoms with Gasteiger partial charge >= 0.3 is 5.97 Å². The molecule has 0 unspecified atom stereocenters. The highest BCUT2D eigenvalue weighted by atomic mass is 79.9. The Morgan fingerprint density at radius 3 is 2.43 bits per heavy atom. The number of carbonyl (C=O) groups is 2. The molecule has 2 aromatic rings. The van der Waals surface area contributed by atoms with E-state index in [1.165, 1.54) is 6.07 Å². The largest absolute Gasteiger partial charge is 0.478 e. The minimum Gasteiger partial charge on any atom is -0.478 e. The lowest BCUT2D eigenvalue weighted by Gasteiger charge is -2.08. The van der Waals surface area contributed by atoms with Crippen molar-refractivity contribution in [1.82, 2.24) is 0 Å². The second-order valence-corrected chi connectivity index (χ2v) is 5.34. The van der Waals surface area contributed by atoms with Crippen LogP contribution in [-0.4, -0.2) is 17.0 Å². The summed E-state index contributed by atoms with van der Waals surface area (Å²) in [6, 6.07) is 14.1. The van der Waals surface area contributed by atoms with Crippen molar-refractivity contribution in [1.29, 1.82) is 0 Å². The summed E-state index contributed by atoms with van der Waals surface area (Å²) in [7, 11) is 0. The normalized spacial score (nSPS) is 10.1. The molecule has 2 rings (SSSR count). The molecule has 1 amide bonds. The molecule has 2 aromatic carbocycles. The minimum atomic E-state index is -1.06. The predicted molar refractivity (Wildman–Crippen MR) is 84.5 cm³/mol. The van der Waals surface area contributed by atoms with E-state index in [-0.39, 0.29) is 17.9 Å². The van der Waals surface area contributed by atoms with Gasteiger partial charge in [-0.25, -0.2) is 4.79 Å². The van der Waals surface area contributed by atoms with Crippen LogP contribution in [0.15, 0.2) is 53.0 Å². The zero-order chi connectivity index (χ0) is 15.2. The van der Waals surface area contributed by atoms with E-state index in [1.807, 2.05) is 24.3 Å². The lowest BCUT2D eigenvalue weighted by atomic mass is 10.1. The highest BCUT2D eigenvalue weighted by molar-refractivity contribution is 9.10. The van der Waals surface area contributed by atoms with Crippen molar-refractivity contribution >= 4 is 33.5 Å². The summed E-state index contributed by atoms with van der Waals surface area (Å²) in [5.74, 6) is -1.27. The summed E-state index contributed by atoms with van der Waals surface area (Å²) in [5.41, 5.74) is 1.45. The van der Waals surface area contributed by atoms with Crippen LogP contribution in [0.4, 0.5) is 5.69 Å². The number of halogens is 1. The van der Waals surface area contributed by atoms with E-state index in [9.17, 15) is 9.59 Å². The molecule has 0 radical (unpaired) electrons. The van der Waals surface area contributed by atoms with Crippen LogP contribution in [0.2, 0.25) is 0 Å². The topological polar surface area (TPSA) is 66.4 Å². The van der Waals surface area contributed by atoms with E-state index in [2.05, 4.69) is 21.2 Å². The zero-order valence-electron chi connectivity index (χ0n) is 11.2. The van der Waals surface area contributed by atoms with Gasteiger partial charge in [0.25, 0.3) is 0 Å². The Balaban J connectivity index is 2.00. The Hall–Kier alpha value is -2.14. The zero-order valence-corrected chi connectivity index (χ0v) is 12.8. The van der Waals surface area contributed by atoms with Crippen LogP contribution in [0.25, 0.3) is 0 Å². The standard InChI is InChI=1S/C16H14BrNO3/c17-13-7-3-1-5-11(13)9-10-15(19)18-14-8-4-2-6-12(14)16(20)21/h1-8H,9-10H2,(H,18,19)(H,20,21). The van der Waals surface area contributed by atoms with Crippen molar-refractivity contribution in [3.63, 3.8) is 0 Å². The van der Waals surface area contributed by atoms with E-state index in [0.717, 1.165) is 10.0 Å². The SMILES string of the molecule is O=C(CCc1ccccc1Br)Nc1ccccc1C(=O)O. The van der Waals surface area contributed by atoms with Crippen molar-refractivity contribution in [2.75, 3.05) is 5.32 Å². The first-order chi connectivity index (χ1) is 10.1. The number of rotatable bonds is 5. The number of carbonyl (C=O) groups excluding carboxylic acids is 1. The van der Waals surface area contributed by atoms with Crippen LogP contribution in [-0.2, 0) is 11.2 Å². The second kappa shape index (κ2) is 7.04. The van der Waals surface area contributed by atoms with Crippen LogP contribution in [0.5, 0.6) is 0 Å². The number of hydrogen-bond donors (Lipinski definition) is 2. The van der Waals surface area contributed by atoms with Crippen LogP contribution in [0, 0.1) is 0 Å². The highest BCUT2D eigenvalue weighted by Gasteiger charge is 2.11. The molecular formula is C16H14BrNO3. The number of benzene rings is 2. The average Bonchev–Trinajstić information content (AvgIpc) is 2.47. The lowest BCUT2D eigenvalue weighted by molar-refractivity contribution is -0.116. The molecule has 0 heterocycles. The van der Waals surface area contributed by atoms with Crippen molar-refractivity contribution < 1.29 is 14.7 Å². The summed E-state index contributed by atoms with van der Waals surface area (Å²) < 4.78 is 0.962. The number of hydrogen-bond acceptors (Lipinski definition) is 2. The van der Waals surface area contributed by atoms with Crippen molar-refractivity contribution in [2.24, 2.45) is 0 Å². The number of carboxylic acids is 1. The maximum Gasteiger partial charge on any atom is 0.337 e. The van der Waals surface area contributed by atoms with Gasteiger partial charge in [-0.1, -0.05) is 46.3 Å². The summed E-state index contributed by atoms with van der Waals surface area (Å²) >= 11 is 3.43. The smallest absolute Gasteiger partial charge is 0.337 e. The maximum absolute atomic E-state index is 12.0. The molecule has 0 aliphatic carbocycles. The molecule has 21 heavy (non-hydrogen) atoms. The molecular weight excluding hydrogens is 334 g/mol. The third-order valence-corrected chi connectivity index (χ3v) is 3.78. The Labute approximate surface area is 130 Å². The molecule has 0 saturated carbocycles. The van der Waals surface area contributed by atoms with E-state index >= 15 is 0 Å². The quantitative estimate of drug-likeness (QED) is 0.866. The molecule has 0 spiro atoms. The van der Waals surface area contributed by atoms with Gasteiger partial charge in [-0.3, -0.25) is 4.79 Å². The Morgan fingerprint density at radius 2 is 1.71 bits per heavy atom. The number of anilines is 1. The fourth-order valence-corrected chi connectivity index (χ4v) is 2.42. The van der Waals surface area contributed by atoms with Gasteiger partial charge in [-0.05, 0) is 30.2 Å². The van der Waals surface area contributed by atoms with Crippen LogP contribution in [0.3, 0.4) is 0 Å². The first-order valence-electron chi connectivity index (χ1n) is 6.43. The molecule has 0 fully saturated rings. The number of carboxylic acid groups (broad SMARTS) is 1. The highest BCUT2D eigenvalue weighted by Crippen LogP contribution is 2.19. The molecule has 108 valence electrons. The molecule has 2 N–H and O–H groups in total. The number of para-hydroxylation sites is 1. The third kappa shape index (κ3) is 4.16. The number of aromatic carboxylic acids is 1. The predicted octanol–water partition coefficient (Wildman–Crippen LogP) is 3.72. The van der Waals surface area contributed by atoms with E-state index in [0.29, 0.717) is 12.1 Å². The van der Waals surface area contributed by atoms with Gasteiger partial charge in [0, 0.05) is 10.9 Å². The minimum absolute atomic E-state index is 0.0896. The van der Waals surface area contributed by atoms with Gasteiger partial charge < -0.3 is 10.4 Å². The molecule has 0 saturated heterocycles. The van der Waals surface area contributed by atoms with Gasteiger partial charge in [-0.15, -0.1) is 0 Å². The van der Waals surface area contributed by atoms with Crippen LogP contribution < -0.4 is 5.32 Å². The van der Waals surface area contributed by atoms with Crippen molar-refractivity contribution in [2.45, 2.75) is 12.8 Å². The van der Waals surface area contributed by atoms with Crippen molar-refractivity contribution in [3.05, 3.63) is 64.1 Å². The number of nitrogens with one attached hydrogen (secondary N) is 1. The van der Waals surface area contributed by atoms with E-state index in [4.69, 9.17) is 5.11 Å². The molecule has 0 aliphatic heterocycles. The van der Waals surface area contributed by atoms with Gasteiger partial charge in [0.05, 0.1) is 11.3 Å².